The maximum absolute atomic E-state index is 14.1. The molecule has 0 amide bonds. The molecule has 0 bridgehead atoms. The molecule has 5 nitrogen and oxygen atoms in total. The van der Waals surface area contributed by atoms with E-state index in [-0.39, 0.29) is 17.6 Å². The molecule has 7 heteroatoms. The SMILES string of the molecule is C=CCC1Oc2ccc(F)c(OC)c2-c2ccc(CS(N)(=O)=O)cc21. The van der Waals surface area contributed by atoms with Crippen LogP contribution >= 0.6 is 0 Å². The molecule has 0 spiro atoms. The summed E-state index contributed by atoms with van der Waals surface area (Å²) in [5.74, 6) is -0.174. The van der Waals surface area contributed by atoms with Gasteiger partial charge in [0.2, 0.25) is 10.0 Å². The highest BCUT2D eigenvalue weighted by Gasteiger charge is 2.29. The van der Waals surface area contributed by atoms with E-state index in [4.69, 9.17) is 14.6 Å². The third-order valence-corrected chi connectivity index (χ3v) is 4.76. The summed E-state index contributed by atoms with van der Waals surface area (Å²) in [5, 5.41) is 5.13. The first kappa shape index (κ1) is 17.4. The molecule has 1 atom stereocenters. The van der Waals surface area contributed by atoms with Crippen LogP contribution in [-0.4, -0.2) is 15.5 Å². The highest BCUT2D eigenvalue weighted by molar-refractivity contribution is 7.88. The van der Waals surface area contributed by atoms with Crippen LogP contribution in [0.15, 0.2) is 43.0 Å². The van der Waals surface area contributed by atoms with Gasteiger partial charge in [0.25, 0.3) is 0 Å². The maximum Gasteiger partial charge on any atom is 0.213 e. The van der Waals surface area contributed by atoms with E-state index < -0.39 is 15.8 Å². The second-order valence-electron chi connectivity index (χ2n) is 5.81. The smallest absolute Gasteiger partial charge is 0.213 e. The van der Waals surface area contributed by atoms with Gasteiger partial charge >= 0.3 is 0 Å². The van der Waals surface area contributed by atoms with Gasteiger partial charge in [-0.2, -0.15) is 0 Å². The van der Waals surface area contributed by atoms with Crippen molar-refractivity contribution in [3.05, 3.63) is 59.9 Å². The lowest BCUT2D eigenvalue weighted by Crippen LogP contribution is -2.17. The molecule has 1 aliphatic heterocycles. The zero-order valence-corrected chi connectivity index (χ0v) is 14.5. The molecule has 25 heavy (non-hydrogen) atoms. The molecule has 132 valence electrons. The Morgan fingerprint density at radius 3 is 2.76 bits per heavy atom. The Balaban J connectivity index is 2.21. The molecule has 0 aliphatic carbocycles. The molecular formula is C18H18FNO4S. The van der Waals surface area contributed by atoms with Crippen LogP contribution in [0.3, 0.4) is 0 Å². The van der Waals surface area contributed by atoms with Gasteiger partial charge in [0.05, 0.1) is 18.4 Å². The second kappa shape index (κ2) is 6.50. The number of halogens is 1. The molecule has 2 aromatic rings. The van der Waals surface area contributed by atoms with E-state index in [9.17, 15) is 12.8 Å². The van der Waals surface area contributed by atoms with Gasteiger partial charge in [0.1, 0.15) is 11.9 Å². The number of methoxy groups -OCH3 is 1. The molecule has 2 aromatic carbocycles. The van der Waals surface area contributed by atoms with Gasteiger partial charge in [-0.15, -0.1) is 6.58 Å². The predicted molar refractivity (Wildman–Crippen MR) is 93.4 cm³/mol. The highest BCUT2D eigenvalue weighted by Crippen LogP contribution is 2.49. The Morgan fingerprint density at radius 1 is 1.36 bits per heavy atom. The van der Waals surface area contributed by atoms with E-state index in [1.54, 1.807) is 30.3 Å². The number of benzene rings is 2. The molecule has 0 radical (unpaired) electrons. The second-order valence-corrected chi connectivity index (χ2v) is 7.43. The first-order valence-electron chi connectivity index (χ1n) is 7.61. The summed E-state index contributed by atoms with van der Waals surface area (Å²) in [7, 11) is -2.27. The molecule has 0 fully saturated rings. The van der Waals surface area contributed by atoms with Crippen molar-refractivity contribution in [2.24, 2.45) is 5.14 Å². The monoisotopic (exact) mass is 363 g/mol. The standard InChI is InChI=1S/C18H18FNO4S/c1-3-4-15-13-9-11(10-25(20,21)22)5-6-12(13)17-16(24-15)8-7-14(19)18(17)23-2/h3,5-9,15H,1,4,10H2,2H3,(H2,20,21,22). The van der Waals surface area contributed by atoms with E-state index in [1.165, 1.54) is 13.2 Å². The minimum Gasteiger partial charge on any atom is -0.493 e. The van der Waals surface area contributed by atoms with Crippen molar-refractivity contribution in [2.75, 3.05) is 7.11 Å². The molecule has 0 saturated heterocycles. The Kier molecular flexibility index (Phi) is 4.53. The third kappa shape index (κ3) is 3.38. The van der Waals surface area contributed by atoms with Crippen molar-refractivity contribution < 1.29 is 22.3 Å². The van der Waals surface area contributed by atoms with E-state index in [0.717, 1.165) is 11.1 Å². The quantitative estimate of drug-likeness (QED) is 0.827. The van der Waals surface area contributed by atoms with Crippen molar-refractivity contribution in [2.45, 2.75) is 18.3 Å². The number of primary sulfonamides is 1. The average Bonchev–Trinajstić information content (AvgIpc) is 2.54. The number of rotatable bonds is 5. The number of sulfonamides is 1. The first-order chi connectivity index (χ1) is 11.8. The van der Waals surface area contributed by atoms with E-state index in [0.29, 0.717) is 23.3 Å². The molecule has 1 aliphatic rings. The van der Waals surface area contributed by atoms with Crippen LogP contribution in [0, 0.1) is 5.82 Å². The van der Waals surface area contributed by atoms with Crippen LogP contribution in [0.4, 0.5) is 4.39 Å². The minimum atomic E-state index is -3.66. The van der Waals surface area contributed by atoms with Crippen LogP contribution in [0.2, 0.25) is 0 Å². The third-order valence-electron chi connectivity index (χ3n) is 4.03. The van der Waals surface area contributed by atoms with Crippen molar-refractivity contribution in [1.29, 1.82) is 0 Å². The Hall–Kier alpha value is -2.38. The fraction of sp³-hybridized carbons (Fsp3) is 0.222. The number of nitrogens with two attached hydrogens (primary N) is 1. The Bertz CT molecular complexity index is 940. The summed E-state index contributed by atoms with van der Waals surface area (Å²) in [6, 6.07) is 7.98. The lowest BCUT2D eigenvalue weighted by atomic mass is 9.89. The lowest BCUT2D eigenvalue weighted by molar-refractivity contribution is 0.204. The number of hydrogen-bond donors (Lipinski definition) is 1. The Labute approximate surface area is 145 Å². The van der Waals surface area contributed by atoms with Crippen molar-refractivity contribution in [3.8, 4) is 22.6 Å². The van der Waals surface area contributed by atoms with Crippen LogP contribution in [-0.2, 0) is 15.8 Å². The molecule has 3 rings (SSSR count). The summed E-state index contributed by atoms with van der Waals surface area (Å²) in [5.41, 5.74) is 2.54. The first-order valence-corrected chi connectivity index (χ1v) is 9.33. The van der Waals surface area contributed by atoms with Crippen LogP contribution in [0.5, 0.6) is 11.5 Å². The molecule has 2 N–H and O–H groups in total. The predicted octanol–water partition coefficient (Wildman–Crippen LogP) is 3.30. The van der Waals surface area contributed by atoms with Crippen LogP contribution in [0.25, 0.3) is 11.1 Å². The van der Waals surface area contributed by atoms with E-state index >= 15 is 0 Å². The number of hydrogen-bond acceptors (Lipinski definition) is 4. The lowest BCUT2D eigenvalue weighted by Gasteiger charge is -2.30. The van der Waals surface area contributed by atoms with Crippen LogP contribution in [0.1, 0.15) is 23.7 Å². The summed E-state index contributed by atoms with van der Waals surface area (Å²) in [6.45, 7) is 3.73. The minimum absolute atomic E-state index is 0.0926. The Morgan fingerprint density at radius 2 is 2.12 bits per heavy atom. The summed E-state index contributed by atoms with van der Waals surface area (Å²) < 4.78 is 48.1. The van der Waals surface area contributed by atoms with Gasteiger partial charge in [0, 0.05) is 12.0 Å². The summed E-state index contributed by atoms with van der Waals surface area (Å²) in [6.07, 6.45) is 1.88. The van der Waals surface area contributed by atoms with Gasteiger partial charge in [-0.25, -0.2) is 17.9 Å². The zero-order chi connectivity index (χ0) is 18.2. The van der Waals surface area contributed by atoms with Crippen LogP contribution < -0.4 is 14.6 Å². The number of fused-ring (bicyclic) bond motifs is 3. The van der Waals surface area contributed by atoms with Gasteiger partial charge in [0.15, 0.2) is 11.6 Å². The van der Waals surface area contributed by atoms with E-state index in [2.05, 4.69) is 6.58 Å². The van der Waals surface area contributed by atoms with Crippen molar-refractivity contribution in [1.82, 2.24) is 0 Å². The summed E-state index contributed by atoms with van der Waals surface area (Å²) >= 11 is 0. The average molecular weight is 363 g/mol. The largest absolute Gasteiger partial charge is 0.493 e. The van der Waals surface area contributed by atoms with Crippen molar-refractivity contribution in [3.63, 3.8) is 0 Å². The fourth-order valence-corrected chi connectivity index (χ4v) is 3.71. The normalized spacial score (nSPS) is 15.7. The molecule has 1 unspecified atom stereocenters. The van der Waals surface area contributed by atoms with Gasteiger partial charge in [-0.1, -0.05) is 24.3 Å². The summed E-state index contributed by atoms with van der Waals surface area (Å²) in [4.78, 5) is 0. The maximum atomic E-state index is 14.1. The number of ether oxygens (including phenoxy) is 2. The van der Waals surface area contributed by atoms with Gasteiger partial charge < -0.3 is 9.47 Å². The van der Waals surface area contributed by atoms with E-state index in [1.807, 2.05) is 0 Å². The molecule has 0 aromatic heterocycles. The van der Waals surface area contributed by atoms with Crippen molar-refractivity contribution >= 4 is 10.0 Å². The molecule has 0 saturated carbocycles. The fourth-order valence-electron chi connectivity index (χ4n) is 3.06. The zero-order valence-electron chi connectivity index (χ0n) is 13.7. The topological polar surface area (TPSA) is 78.6 Å². The molecular weight excluding hydrogens is 345 g/mol. The van der Waals surface area contributed by atoms with Gasteiger partial charge in [-0.05, 0) is 23.3 Å². The molecule has 1 heterocycles. The van der Waals surface area contributed by atoms with Gasteiger partial charge in [-0.3, -0.25) is 0 Å². The highest BCUT2D eigenvalue weighted by atomic mass is 32.2.